The van der Waals surface area contributed by atoms with E-state index in [1.807, 2.05) is 48.9 Å². The zero-order valence-electron chi connectivity index (χ0n) is 12.7. The molecule has 116 valence electrons. The fraction of sp³-hybridized carbons (Fsp3) is 0.125. The molecule has 0 bridgehead atoms. The van der Waals surface area contributed by atoms with Gasteiger partial charge < -0.3 is 5.43 Å². The molecule has 0 saturated heterocycles. The van der Waals surface area contributed by atoms with Crippen LogP contribution >= 0.6 is 0 Å². The Hall–Kier alpha value is -3.22. The Balaban J connectivity index is 1.92. The summed E-state index contributed by atoms with van der Waals surface area (Å²) in [6.07, 6.45) is 0. The maximum atomic E-state index is 10.7. The maximum absolute atomic E-state index is 10.7. The highest BCUT2D eigenvalue weighted by Crippen LogP contribution is 2.21. The number of aryl methyl sites for hydroxylation is 1. The molecule has 0 aliphatic carbocycles. The summed E-state index contributed by atoms with van der Waals surface area (Å²) in [5.41, 5.74) is 6.12. The molecule has 0 aliphatic heterocycles. The van der Waals surface area contributed by atoms with Crippen LogP contribution in [0.3, 0.4) is 0 Å². The van der Waals surface area contributed by atoms with Crippen LogP contribution in [0.15, 0.2) is 54.6 Å². The topological polar surface area (TPSA) is 78.9 Å². The van der Waals surface area contributed by atoms with Crippen LogP contribution < -0.4 is 4.68 Å². The van der Waals surface area contributed by atoms with Crippen molar-refractivity contribution in [1.82, 2.24) is 9.78 Å². The molecule has 3 rings (SSSR count). The molecule has 0 N–H and O–H groups in total. The molecule has 7 heteroatoms. The number of hydrogen-bond acceptors (Lipinski definition) is 3. The van der Waals surface area contributed by atoms with Crippen LogP contribution in [-0.2, 0) is 0 Å². The van der Waals surface area contributed by atoms with Gasteiger partial charge >= 0.3 is 0 Å². The number of aromatic nitrogens is 3. The standard InChI is InChI=1S/C16H15N5O2/c1-12-17-20(15-6-4-3-5-7-15)13(2)19(12)18-14-8-10-16(11-9-14)21(22)23/h3-11H,1-2H3. The maximum Gasteiger partial charge on any atom is 0.269 e. The van der Waals surface area contributed by atoms with Gasteiger partial charge in [-0.25, -0.2) is 0 Å². The van der Waals surface area contributed by atoms with Gasteiger partial charge in [-0.3, -0.25) is 14.8 Å². The Kier molecular flexibility index (Phi) is 3.76. The predicted octanol–water partition coefficient (Wildman–Crippen LogP) is 3.15. The summed E-state index contributed by atoms with van der Waals surface area (Å²) in [5, 5.41) is 15.2. The summed E-state index contributed by atoms with van der Waals surface area (Å²) in [6, 6.07) is 15.9. The zero-order valence-corrected chi connectivity index (χ0v) is 12.7. The molecule has 0 amide bonds. The van der Waals surface area contributed by atoms with E-state index in [1.165, 1.54) is 12.1 Å². The largest absolute Gasteiger partial charge is 0.523 e. The lowest BCUT2D eigenvalue weighted by molar-refractivity contribution is -0.633. The quantitative estimate of drug-likeness (QED) is 0.422. The van der Waals surface area contributed by atoms with Gasteiger partial charge in [-0.2, -0.15) is 0 Å². The van der Waals surface area contributed by atoms with E-state index in [0.29, 0.717) is 5.69 Å². The van der Waals surface area contributed by atoms with E-state index < -0.39 is 4.92 Å². The lowest BCUT2D eigenvalue weighted by Crippen LogP contribution is -2.33. The molecule has 1 heterocycles. The number of nitro groups is 1. The van der Waals surface area contributed by atoms with Gasteiger partial charge in [0, 0.05) is 31.1 Å². The van der Waals surface area contributed by atoms with E-state index in [0.717, 1.165) is 17.3 Å². The molecule has 0 unspecified atom stereocenters. The molecule has 0 spiro atoms. The molecule has 0 fully saturated rings. The predicted molar refractivity (Wildman–Crippen MR) is 84.7 cm³/mol. The van der Waals surface area contributed by atoms with Gasteiger partial charge in [-0.15, -0.1) is 5.69 Å². The smallest absolute Gasteiger partial charge is 0.269 e. The molecule has 0 atom stereocenters. The van der Waals surface area contributed by atoms with Crippen LogP contribution in [0.25, 0.3) is 11.1 Å². The highest BCUT2D eigenvalue weighted by molar-refractivity contribution is 5.49. The van der Waals surface area contributed by atoms with E-state index in [9.17, 15) is 10.1 Å². The second kappa shape index (κ2) is 5.88. The Morgan fingerprint density at radius 2 is 1.74 bits per heavy atom. The zero-order chi connectivity index (χ0) is 16.4. The van der Waals surface area contributed by atoms with Crippen LogP contribution in [0.1, 0.15) is 11.6 Å². The van der Waals surface area contributed by atoms with Crippen LogP contribution in [0.2, 0.25) is 0 Å². The minimum Gasteiger partial charge on any atom is -0.523 e. The lowest BCUT2D eigenvalue weighted by atomic mass is 10.3. The number of benzene rings is 2. The number of nitro benzene ring substituents is 1. The van der Waals surface area contributed by atoms with Gasteiger partial charge in [0.15, 0.2) is 0 Å². The van der Waals surface area contributed by atoms with Crippen LogP contribution in [-0.4, -0.2) is 14.7 Å². The van der Waals surface area contributed by atoms with Crippen molar-refractivity contribution < 1.29 is 9.60 Å². The fourth-order valence-corrected chi connectivity index (χ4v) is 2.30. The highest BCUT2D eigenvalue weighted by Gasteiger charge is 2.16. The van der Waals surface area contributed by atoms with Crippen molar-refractivity contribution in [2.45, 2.75) is 13.8 Å². The summed E-state index contributed by atoms with van der Waals surface area (Å²) < 4.78 is 3.53. The van der Waals surface area contributed by atoms with E-state index >= 15 is 0 Å². The lowest BCUT2D eigenvalue weighted by Gasteiger charge is -2.19. The first kappa shape index (κ1) is 14.7. The molecule has 3 aromatic rings. The fourth-order valence-electron chi connectivity index (χ4n) is 2.30. The molecule has 23 heavy (non-hydrogen) atoms. The van der Waals surface area contributed by atoms with Crippen molar-refractivity contribution in [3.8, 4) is 5.69 Å². The first-order valence-electron chi connectivity index (χ1n) is 7.06. The van der Waals surface area contributed by atoms with Gasteiger partial charge in [0.2, 0.25) is 5.82 Å². The Morgan fingerprint density at radius 3 is 2.35 bits per heavy atom. The second-order valence-electron chi connectivity index (χ2n) is 5.03. The summed E-state index contributed by atoms with van der Waals surface area (Å²) in [6.45, 7) is 3.78. The Morgan fingerprint density at radius 1 is 1.09 bits per heavy atom. The van der Waals surface area contributed by atoms with E-state index in [4.69, 9.17) is 0 Å². The number of rotatable bonds is 4. The first-order valence-corrected chi connectivity index (χ1v) is 7.06. The van der Waals surface area contributed by atoms with Crippen molar-refractivity contribution in [1.29, 1.82) is 0 Å². The van der Waals surface area contributed by atoms with Crippen LogP contribution in [0.4, 0.5) is 11.4 Å². The number of para-hydroxylation sites is 1. The molecular weight excluding hydrogens is 294 g/mol. The Labute approximate surface area is 132 Å². The molecular formula is C16H15N5O2. The van der Waals surface area contributed by atoms with E-state index in [2.05, 4.69) is 10.5 Å². The third kappa shape index (κ3) is 2.89. The van der Waals surface area contributed by atoms with Gasteiger partial charge in [-0.05, 0) is 12.1 Å². The average Bonchev–Trinajstić information content (AvgIpc) is 2.84. The van der Waals surface area contributed by atoms with Crippen molar-refractivity contribution in [3.05, 3.63) is 81.8 Å². The molecule has 0 saturated carbocycles. The van der Waals surface area contributed by atoms with Crippen molar-refractivity contribution >= 4 is 11.4 Å². The normalized spacial score (nSPS) is 10.5. The van der Waals surface area contributed by atoms with Crippen LogP contribution in [0, 0.1) is 24.0 Å². The van der Waals surface area contributed by atoms with E-state index in [1.54, 1.807) is 16.8 Å². The molecule has 0 radical (unpaired) electrons. The summed E-state index contributed by atoms with van der Waals surface area (Å²) in [5.74, 6) is 1.57. The SMILES string of the molecule is Cc1nn(-c2ccccc2)c(C)[n+]1[N-]c1ccc([N+](=O)[O-])cc1. The van der Waals surface area contributed by atoms with Crippen molar-refractivity contribution in [2.24, 2.45) is 0 Å². The summed E-state index contributed by atoms with van der Waals surface area (Å²) in [7, 11) is 0. The number of nitrogens with zero attached hydrogens (tertiary/aromatic N) is 5. The third-order valence-corrected chi connectivity index (χ3v) is 3.44. The average molecular weight is 309 g/mol. The number of non-ortho nitro benzene ring substituents is 1. The Bertz CT molecular complexity index is 841. The van der Waals surface area contributed by atoms with Crippen LogP contribution in [0.5, 0.6) is 0 Å². The summed E-state index contributed by atoms with van der Waals surface area (Å²) in [4.78, 5) is 10.3. The first-order chi connectivity index (χ1) is 11.1. The molecule has 7 nitrogen and oxygen atoms in total. The monoisotopic (exact) mass is 309 g/mol. The molecule has 0 aliphatic rings. The van der Waals surface area contributed by atoms with Gasteiger partial charge in [0.1, 0.15) is 5.69 Å². The highest BCUT2D eigenvalue weighted by atomic mass is 16.6. The van der Waals surface area contributed by atoms with Crippen molar-refractivity contribution in [3.63, 3.8) is 0 Å². The molecule has 2 aromatic carbocycles. The minimum atomic E-state index is -0.430. The second-order valence-corrected chi connectivity index (χ2v) is 5.03. The van der Waals surface area contributed by atoms with Gasteiger partial charge in [0.25, 0.3) is 11.5 Å². The molecule has 1 aromatic heterocycles. The third-order valence-electron chi connectivity index (χ3n) is 3.44. The summed E-state index contributed by atoms with van der Waals surface area (Å²) >= 11 is 0. The van der Waals surface area contributed by atoms with Crippen molar-refractivity contribution in [2.75, 3.05) is 0 Å². The van der Waals surface area contributed by atoms with Gasteiger partial charge in [0.05, 0.1) is 4.92 Å². The number of hydrogen-bond donors (Lipinski definition) is 0. The van der Waals surface area contributed by atoms with E-state index in [-0.39, 0.29) is 5.69 Å². The minimum absolute atomic E-state index is 0.0439. The van der Waals surface area contributed by atoms with Gasteiger partial charge in [-0.1, -0.05) is 35.0 Å².